The molecule has 0 saturated carbocycles. The molecule has 5 rings (SSSR count). The lowest BCUT2D eigenvalue weighted by Crippen LogP contribution is -2.13. The lowest BCUT2D eigenvalue weighted by atomic mass is 10.1. The Hall–Kier alpha value is -4.19. The second kappa shape index (κ2) is 7.25. The maximum absolute atomic E-state index is 12.9. The number of hydrogen-bond acceptors (Lipinski definition) is 4. The van der Waals surface area contributed by atoms with Crippen molar-refractivity contribution < 1.29 is 14.0 Å². The zero-order valence-corrected chi connectivity index (χ0v) is 17.0. The fraction of sp³-hybridized carbons (Fsp3) is 0.0800. The van der Waals surface area contributed by atoms with E-state index in [9.17, 15) is 9.59 Å². The Bertz CT molecular complexity index is 1460. The van der Waals surface area contributed by atoms with Gasteiger partial charge in [0.2, 0.25) is 5.78 Å². The topological polar surface area (TPSA) is 77.1 Å². The molecule has 0 aliphatic rings. The lowest BCUT2D eigenvalue weighted by Gasteiger charge is -2.06. The van der Waals surface area contributed by atoms with Crippen LogP contribution in [0.4, 0.5) is 5.69 Å². The number of aromatic nitrogens is 2. The molecule has 5 aromatic rings. The number of benzene rings is 3. The number of anilines is 1. The molecule has 0 unspecified atom stereocenters. The summed E-state index contributed by atoms with van der Waals surface area (Å²) < 4.78 is 7.67. The highest BCUT2D eigenvalue weighted by Crippen LogP contribution is 2.32. The monoisotopic (exact) mass is 409 g/mol. The molecule has 1 amide bonds. The number of nitrogens with one attached hydrogen (secondary N) is 1. The van der Waals surface area contributed by atoms with Gasteiger partial charge in [0.1, 0.15) is 5.58 Å². The summed E-state index contributed by atoms with van der Waals surface area (Å²) >= 11 is 0. The Morgan fingerprint density at radius 1 is 0.968 bits per heavy atom. The number of furan rings is 1. The highest BCUT2D eigenvalue weighted by atomic mass is 16.3. The smallest absolute Gasteiger partial charge is 0.291 e. The standard InChI is InChI=1S/C25H19N3O3/c1-15-19-12-9-16-5-3-4-6-20(16)23(19)31-22(15)25(30)27-18-10-7-17(8-11-18)21(29)24-26-13-14-28(24)2/h3-14H,1-2H3,(H,27,30). The van der Waals surface area contributed by atoms with E-state index in [1.807, 2.05) is 43.3 Å². The van der Waals surface area contributed by atoms with Crippen molar-refractivity contribution in [3.05, 3.63) is 95.8 Å². The summed E-state index contributed by atoms with van der Waals surface area (Å²) in [5.41, 5.74) is 2.57. The zero-order chi connectivity index (χ0) is 21.5. The molecular formula is C25H19N3O3. The summed E-state index contributed by atoms with van der Waals surface area (Å²) in [7, 11) is 1.77. The molecule has 31 heavy (non-hydrogen) atoms. The van der Waals surface area contributed by atoms with Crippen molar-refractivity contribution in [3.8, 4) is 0 Å². The lowest BCUT2D eigenvalue weighted by molar-refractivity contribution is 0.0996. The van der Waals surface area contributed by atoms with Gasteiger partial charge in [-0.15, -0.1) is 0 Å². The summed E-state index contributed by atoms with van der Waals surface area (Å²) in [6, 6.07) is 18.7. The van der Waals surface area contributed by atoms with Crippen LogP contribution in [0.2, 0.25) is 0 Å². The van der Waals surface area contributed by atoms with Crippen LogP contribution in [0, 0.1) is 6.92 Å². The van der Waals surface area contributed by atoms with Crippen LogP contribution in [-0.2, 0) is 7.05 Å². The van der Waals surface area contributed by atoms with E-state index in [0.29, 0.717) is 22.7 Å². The zero-order valence-electron chi connectivity index (χ0n) is 17.0. The number of imidazole rings is 1. The fourth-order valence-electron chi connectivity index (χ4n) is 3.77. The van der Waals surface area contributed by atoms with Gasteiger partial charge in [0.15, 0.2) is 11.6 Å². The van der Waals surface area contributed by atoms with E-state index >= 15 is 0 Å². The molecule has 0 saturated heterocycles. The largest absolute Gasteiger partial charge is 0.450 e. The van der Waals surface area contributed by atoms with E-state index in [1.54, 1.807) is 48.3 Å². The van der Waals surface area contributed by atoms with E-state index in [1.165, 1.54) is 0 Å². The third kappa shape index (κ3) is 3.18. The van der Waals surface area contributed by atoms with E-state index in [4.69, 9.17) is 4.42 Å². The maximum Gasteiger partial charge on any atom is 0.291 e. The summed E-state index contributed by atoms with van der Waals surface area (Å²) in [5.74, 6) is 0.132. The van der Waals surface area contributed by atoms with Gasteiger partial charge in [-0.1, -0.05) is 36.4 Å². The van der Waals surface area contributed by atoms with Crippen molar-refractivity contribution in [1.29, 1.82) is 0 Å². The predicted molar refractivity (Wildman–Crippen MR) is 119 cm³/mol. The van der Waals surface area contributed by atoms with Crippen molar-refractivity contribution in [1.82, 2.24) is 9.55 Å². The van der Waals surface area contributed by atoms with Crippen LogP contribution in [-0.4, -0.2) is 21.2 Å². The Labute approximate surface area is 178 Å². The van der Waals surface area contributed by atoms with Gasteiger partial charge < -0.3 is 14.3 Å². The molecular weight excluding hydrogens is 390 g/mol. The molecule has 6 heteroatoms. The van der Waals surface area contributed by atoms with Crippen molar-refractivity contribution in [3.63, 3.8) is 0 Å². The minimum atomic E-state index is -0.332. The minimum Gasteiger partial charge on any atom is -0.450 e. The number of carbonyl (C=O) groups excluding carboxylic acids is 2. The van der Waals surface area contributed by atoms with Crippen LogP contribution in [0.25, 0.3) is 21.7 Å². The molecule has 3 aromatic carbocycles. The van der Waals surface area contributed by atoms with Gasteiger partial charge in [0.25, 0.3) is 5.91 Å². The van der Waals surface area contributed by atoms with E-state index in [0.717, 1.165) is 21.7 Å². The second-order valence-corrected chi connectivity index (χ2v) is 7.44. The summed E-state index contributed by atoms with van der Waals surface area (Å²) in [5, 5.41) is 5.80. The van der Waals surface area contributed by atoms with Crippen LogP contribution in [0.5, 0.6) is 0 Å². The van der Waals surface area contributed by atoms with Gasteiger partial charge in [-0.3, -0.25) is 9.59 Å². The molecule has 0 aliphatic heterocycles. The molecule has 2 heterocycles. The first-order valence-electron chi connectivity index (χ1n) is 9.87. The van der Waals surface area contributed by atoms with Crippen LogP contribution in [0.1, 0.15) is 32.3 Å². The molecule has 0 bridgehead atoms. The molecule has 2 aromatic heterocycles. The Morgan fingerprint density at radius 2 is 1.74 bits per heavy atom. The van der Waals surface area contributed by atoms with E-state index < -0.39 is 0 Å². The highest BCUT2D eigenvalue weighted by molar-refractivity contribution is 6.12. The number of fused-ring (bicyclic) bond motifs is 3. The molecule has 1 N–H and O–H groups in total. The minimum absolute atomic E-state index is 0.176. The van der Waals surface area contributed by atoms with Crippen molar-refractivity contribution in [2.45, 2.75) is 6.92 Å². The van der Waals surface area contributed by atoms with Crippen LogP contribution < -0.4 is 5.32 Å². The number of aryl methyl sites for hydroxylation is 2. The van der Waals surface area contributed by atoms with E-state index in [2.05, 4.69) is 10.3 Å². The van der Waals surface area contributed by atoms with Crippen molar-refractivity contribution in [2.75, 3.05) is 5.32 Å². The van der Waals surface area contributed by atoms with Gasteiger partial charge in [-0.05, 0) is 36.6 Å². The number of carbonyl (C=O) groups is 2. The molecule has 0 aliphatic carbocycles. The van der Waals surface area contributed by atoms with Gasteiger partial charge in [-0.2, -0.15) is 0 Å². The summed E-state index contributed by atoms with van der Waals surface area (Å²) in [6.07, 6.45) is 3.31. The average Bonchev–Trinajstić information content (AvgIpc) is 3.37. The maximum atomic E-state index is 12.9. The quantitative estimate of drug-likeness (QED) is 0.419. The van der Waals surface area contributed by atoms with Crippen LogP contribution in [0.3, 0.4) is 0 Å². The number of rotatable bonds is 4. The Kier molecular flexibility index (Phi) is 4.40. The Morgan fingerprint density at radius 3 is 2.48 bits per heavy atom. The second-order valence-electron chi connectivity index (χ2n) is 7.44. The first kappa shape index (κ1) is 18.8. The first-order valence-corrected chi connectivity index (χ1v) is 9.87. The number of ketones is 1. The third-order valence-corrected chi connectivity index (χ3v) is 5.46. The molecule has 6 nitrogen and oxygen atoms in total. The van der Waals surface area contributed by atoms with Crippen molar-refractivity contribution in [2.24, 2.45) is 7.05 Å². The molecule has 0 fully saturated rings. The number of amides is 1. The molecule has 0 atom stereocenters. The van der Waals surface area contributed by atoms with Crippen LogP contribution >= 0.6 is 0 Å². The summed E-state index contributed by atoms with van der Waals surface area (Å²) in [6.45, 7) is 1.88. The normalized spacial score (nSPS) is 11.2. The summed E-state index contributed by atoms with van der Waals surface area (Å²) in [4.78, 5) is 29.5. The van der Waals surface area contributed by atoms with Gasteiger partial charge in [0.05, 0.1) is 0 Å². The van der Waals surface area contributed by atoms with E-state index in [-0.39, 0.29) is 17.5 Å². The van der Waals surface area contributed by atoms with Gasteiger partial charge in [-0.25, -0.2) is 4.98 Å². The van der Waals surface area contributed by atoms with Crippen LogP contribution in [0.15, 0.2) is 77.5 Å². The van der Waals surface area contributed by atoms with Gasteiger partial charge in [0, 0.05) is 47.0 Å². The number of hydrogen-bond donors (Lipinski definition) is 1. The predicted octanol–water partition coefficient (Wildman–Crippen LogP) is 5.11. The van der Waals surface area contributed by atoms with Crippen molar-refractivity contribution >= 4 is 39.1 Å². The number of nitrogens with zero attached hydrogens (tertiary/aromatic N) is 2. The third-order valence-electron chi connectivity index (χ3n) is 5.46. The Balaban J connectivity index is 1.42. The highest BCUT2D eigenvalue weighted by Gasteiger charge is 2.20. The molecule has 0 spiro atoms. The SMILES string of the molecule is Cc1c(C(=O)Nc2ccc(C(=O)c3nccn3C)cc2)oc2c1ccc1ccccc12. The van der Waals surface area contributed by atoms with Gasteiger partial charge >= 0.3 is 0 Å². The first-order chi connectivity index (χ1) is 15.0. The molecule has 152 valence electrons. The molecule has 0 radical (unpaired) electrons. The fourth-order valence-corrected chi connectivity index (χ4v) is 3.77. The average molecular weight is 409 g/mol.